The summed E-state index contributed by atoms with van der Waals surface area (Å²) < 4.78 is 8.75. The maximum absolute atomic E-state index is 12.8. The van der Waals surface area contributed by atoms with Crippen LogP contribution >= 0.6 is 15.9 Å². The van der Waals surface area contributed by atoms with Gasteiger partial charge in [-0.15, -0.1) is 0 Å². The molecule has 0 bridgehead atoms. The maximum Gasteiger partial charge on any atom is 0.391 e. The van der Waals surface area contributed by atoms with E-state index in [1.54, 1.807) is 43.1 Å². The number of pyridine rings is 2. The average molecular weight is 689 g/mol. The number of likely N-dealkylation sites (N-methyl/N-ethyl adjacent to an activating group) is 1. The predicted molar refractivity (Wildman–Crippen MR) is 176 cm³/mol. The number of rotatable bonds is 12. The molecule has 15 heteroatoms. The van der Waals surface area contributed by atoms with Crippen molar-refractivity contribution in [1.29, 1.82) is 0 Å². The first kappa shape index (κ1) is 32.1. The first-order valence-corrected chi connectivity index (χ1v) is 14.9. The van der Waals surface area contributed by atoms with E-state index in [-0.39, 0.29) is 11.7 Å². The quantitative estimate of drug-likeness (QED) is 0.0769. The third-order valence-corrected chi connectivity index (χ3v) is 7.72. The number of halogens is 1. The lowest BCUT2D eigenvalue weighted by Gasteiger charge is -2.28. The second-order valence-electron chi connectivity index (χ2n) is 11.1. The number of hydrogen-bond acceptors (Lipinski definition) is 10. The molecule has 0 aliphatic rings. The van der Waals surface area contributed by atoms with Crippen LogP contribution in [0.5, 0.6) is 5.75 Å². The molecule has 0 saturated carbocycles. The highest BCUT2D eigenvalue weighted by molar-refractivity contribution is 9.10. The van der Waals surface area contributed by atoms with Gasteiger partial charge in [0.2, 0.25) is 11.7 Å². The molecule has 5 rings (SSSR count). The molecule has 4 heterocycles. The second-order valence-corrected chi connectivity index (χ2v) is 12.0. The summed E-state index contributed by atoms with van der Waals surface area (Å²) >= 11 is 3.57. The largest absolute Gasteiger partial charge is 0.486 e. The molecular weight excluding hydrogens is 656 g/mol. The van der Waals surface area contributed by atoms with Crippen molar-refractivity contribution in [3.63, 3.8) is 0 Å². The van der Waals surface area contributed by atoms with Crippen molar-refractivity contribution in [3.8, 4) is 5.75 Å². The molecular formula is C31H32BrN10O4+. The van der Waals surface area contributed by atoms with Crippen LogP contribution < -0.4 is 15.4 Å². The van der Waals surface area contributed by atoms with E-state index in [0.717, 1.165) is 15.9 Å². The number of aromatic nitrogens is 6. The van der Waals surface area contributed by atoms with Gasteiger partial charge in [0.15, 0.2) is 5.69 Å². The summed E-state index contributed by atoms with van der Waals surface area (Å²) in [5.74, 6) is 1.58. The van der Waals surface area contributed by atoms with Crippen LogP contribution in [0, 0.1) is 17.0 Å². The number of fused-ring (bicyclic) bond motifs is 1. The number of carbonyl (C=O) groups excluding carboxylic acids is 1. The van der Waals surface area contributed by atoms with Gasteiger partial charge in [0.05, 0.1) is 42.5 Å². The highest BCUT2D eigenvalue weighted by Gasteiger charge is 2.29. The summed E-state index contributed by atoms with van der Waals surface area (Å²) in [4.78, 5) is 45.1. The van der Waals surface area contributed by atoms with Gasteiger partial charge in [0.1, 0.15) is 36.9 Å². The minimum Gasteiger partial charge on any atom is -0.486 e. The first-order chi connectivity index (χ1) is 22.0. The number of benzene rings is 1. The molecule has 0 aliphatic carbocycles. The van der Waals surface area contributed by atoms with Crippen LogP contribution in [-0.4, -0.2) is 65.4 Å². The van der Waals surface area contributed by atoms with E-state index < -0.39 is 4.92 Å². The Morgan fingerprint density at radius 3 is 2.72 bits per heavy atom. The Kier molecular flexibility index (Phi) is 9.63. The predicted octanol–water partition coefficient (Wildman–Crippen LogP) is 5.23. The number of nitro groups is 1. The van der Waals surface area contributed by atoms with Gasteiger partial charge in [-0.25, -0.2) is 15.0 Å². The van der Waals surface area contributed by atoms with Gasteiger partial charge in [-0.3, -0.25) is 9.78 Å². The van der Waals surface area contributed by atoms with Crippen molar-refractivity contribution < 1.29 is 18.9 Å². The average Bonchev–Trinajstić information content (AvgIpc) is 3.29. The third-order valence-electron chi connectivity index (χ3n) is 7.11. The summed E-state index contributed by atoms with van der Waals surface area (Å²) in [5.41, 5.74) is 2.70. The number of anilines is 3. The molecule has 0 radical (unpaired) electrons. The Bertz CT molecular complexity index is 1930. The van der Waals surface area contributed by atoms with Crippen LogP contribution in [-0.2, 0) is 25.0 Å². The minimum absolute atomic E-state index is 0.150. The Hall–Kier alpha value is -5.28. The Balaban J connectivity index is 1.23. The zero-order chi connectivity index (χ0) is 32.8. The molecule has 0 fully saturated rings. The van der Waals surface area contributed by atoms with Crippen LogP contribution in [0.1, 0.15) is 17.2 Å². The van der Waals surface area contributed by atoms with Gasteiger partial charge in [-0.2, -0.15) is 0 Å². The highest BCUT2D eigenvalue weighted by Crippen LogP contribution is 2.31. The third kappa shape index (κ3) is 7.86. The molecule has 0 unspecified atom stereocenters. The molecule has 0 spiro atoms. The lowest BCUT2D eigenvalue weighted by molar-refractivity contribution is -0.898. The van der Waals surface area contributed by atoms with Crippen molar-refractivity contribution in [3.05, 3.63) is 105 Å². The molecule has 236 valence electrons. The number of nitrogens with zero attached hydrogens (tertiary/aromatic N) is 8. The number of carbonyl (C=O) groups is 1. The smallest absolute Gasteiger partial charge is 0.391 e. The molecule has 0 saturated heterocycles. The van der Waals surface area contributed by atoms with Crippen molar-refractivity contribution in [2.75, 3.05) is 31.3 Å². The fraction of sp³-hybridized carbons (Fsp3) is 0.226. The zero-order valence-electron chi connectivity index (χ0n) is 25.6. The number of hydrogen-bond donors (Lipinski definition) is 2. The Labute approximate surface area is 273 Å². The number of quaternary nitrogens is 1. The van der Waals surface area contributed by atoms with Crippen LogP contribution in [0.25, 0.3) is 10.9 Å². The van der Waals surface area contributed by atoms with E-state index in [4.69, 9.17) is 4.74 Å². The van der Waals surface area contributed by atoms with E-state index in [2.05, 4.69) is 51.5 Å². The molecule has 1 amide bonds. The van der Waals surface area contributed by atoms with Crippen molar-refractivity contribution in [1.82, 2.24) is 29.5 Å². The van der Waals surface area contributed by atoms with E-state index in [1.165, 1.54) is 12.4 Å². The summed E-state index contributed by atoms with van der Waals surface area (Å²) in [6.45, 7) is 2.88. The number of imidazole rings is 1. The monoisotopic (exact) mass is 687 g/mol. The number of ether oxygens (including phenoxy) is 1. The zero-order valence-corrected chi connectivity index (χ0v) is 27.2. The topological polar surface area (TPSA) is 163 Å². The van der Waals surface area contributed by atoms with Crippen molar-refractivity contribution in [2.45, 2.75) is 20.1 Å². The molecule has 0 aliphatic heterocycles. The van der Waals surface area contributed by atoms with E-state index in [9.17, 15) is 14.9 Å². The molecule has 1 aromatic carbocycles. The molecule has 5 aromatic rings. The number of aryl methyl sites for hydroxylation is 1. The summed E-state index contributed by atoms with van der Waals surface area (Å²) in [5, 5.41) is 18.2. The number of nitrogens with one attached hydrogen (secondary N) is 2. The van der Waals surface area contributed by atoms with Gasteiger partial charge in [-0.1, -0.05) is 6.07 Å². The van der Waals surface area contributed by atoms with E-state index in [0.29, 0.717) is 64.0 Å². The van der Waals surface area contributed by atoms with E-state index >= 15 is 0 Å². The van der Waals surface area contributed by atoms with Gasteiger partial charge in [0, 0.05) is 37.3 Å². The Morgan fingerprint density at radius 1 is 1.15 bits per heavy atom. The van der Waals surface area contributed by atoms with Crippen LogP contribution in [0.15, 0.2) is 77.8 Å². The maximum atomic E-state index is 12.8. The number of amides is 1. The Morgan fingerprint density at radius 2 is 1.98 bits per heavy atom. The lowest BCUT2D eigenvalue weighted by atomic mass is 10.2. The van der Waals surface area contributed by atoms with Crippen LogP contribution in [0.3, 0.4) is 0 Å². The molecule has 46 heavy (non-hydrogen) atoms. The summed E-state index contributed by atoms with van der Waals surface area (Å²) in [6.07, 6.45) is 7.87. The minimum atomic E-state index is -0.468. The van der Waals surface area contributed by atoms with Gasteiger partial charge in [-0.05, 0) is 68.3 Å². The fourth-order valence-corrected chi connectivity index (χ4v) is 5.13. The van der Waals surface area contributed by atoms with Crippen LogP contribution in [0.4, 0.5) is 23.1 Å². The molecule has 2 N–H and O–H groups in total. The standard InChI is InChI=1S/C31H31BrN10O4/c1-20-37-31(41(44)45)26(40(20)2)17-42(3,4)13-7-9-29(43)39-28-15-23-25(16-34-28)35-19-36-30(23)38-21-10-11-27(24(32)14-21)46-18-22-8-5-6-12-33-22/h5-12,14-16,19H,13,17-18H2,1-4H3,(H-,34,35,36,38,39,43)/p+1/b9-7+. The van der Waals surface area contributed by atoms with Gasteiger partial charge < -0.3 is 34.5 Å². The SMILES string of the molecule is Cc1nc([N+](=O)[O-])c(C[N+](C)(C)C/C=C/C(=O)Nc2cc3c(Nc4ccc(OCc5ccccn5)c(Br)c4)ncnc3cn2)n1C. The van der Waals surface area contributed by atoms with Crippen molar-refractivity contribution >= 4 is 55.9 Å². The van der Waals surface area contributed by atoms with Crippen molar-refractivity contribution in [2.24, 2.45) is 7.05 Å². The molecule has 14 nitrogen and oxygen atoms in total. The normalized spacial score (nSPS) is 11.6. The van der Waals surface area contributed by atoms with Gasteiger partial charge >= 0.3 is 5.82 Å². The van der Waals surface area contributed by atoms with E-state index in [1.807, 2.05) is 50.5 Å². The summed E-state index contributed by atoms with van der Waals surface area (Å²) in [7, 11) is 5.61. The fourth-order valence-electron chi connectivity index (χ4n) is 4.64. The van der Waals surface area contributed by atoms with Crippen LogP contribution in [0.2, 0.25) is 0 Å². The molecule has 0 atom stereocenters. The highest BCUT2D eigenvalue weighted by atomic mass is 79.9. The van der Waals surface area contributed by atoms with Gasteiger partial charge in [0.25, 0.3) is 0 Å². The second kappa shape index (κ2) is 13.8. The molecule has 4 aromatic heterocycles. The summed E-state index contributed by atoms with van der Waals surface area (Å²) in [6, 6.07) is 13.0. The lowest BCUT2D eigenvalue weighted by Crippen LogP contribution is -2.39. The first-order valence-electron chi connectivity index (χ1n) is 14.2.